The van der Waals surface area contributed by atoms with Gasteiger partial charge in [0.25, 0.3) is 10.0 Å². The highest BCUT2D eigenvalue weighted by atomic mass is 79.9. The minimum absolute atomic E-state index is 0.0345. The zero-order valence-electron chi connectivity index (χ0n) is 13.8. The van der Waals surface area contributed by atoms with Gasteiger partial charge in [0.2, 0.25) is 9.84 Å². The average Bonchev–Trinajstić information content (AvgIpc) is 2.43. The molecule has 0 aliphatic carbocycles. The maximum absolute atomic E-state index is 12.5. The molecule has 11 heteroatoms. The molecule has 0 saturated heterocycles. The molecule has 0 saturated carbocycles. The second-order valence-electron chi connectivity index (χ2n) is 5.58. The number of nitrogens with one attached hydrogen (secondary N) is 1. The molecule has 2 rings (SSSR count). The number of nitrogens with zero attached hydrogens (tertiary/aromatic N) is 1. The van der Waals surface area contributed by atoms with Crippen molar-refractivity contribution >= 4 is 41.5 Å². The van der Waals surface area contributed by atoms with Crippen molar-refractivity contribution in [2.45, 2.75) is 23.6 Å². The van der Waals surface area contributed by atoms with Crippen LogP contribution in [0.5, 0.6) is 0 Å². The van der Waals surface area contributed by atoms with Crippen LogP contribution in [0.15, 0.2) is 50.7 Å². The molecule has 0 bridgehead atoms. The van der Waals surface area contributed by atoms with E-state index in [2.05, 4.69) is 20.7 Å². The summed E-state index contributed by atoms with van der Waals surface area (Å²) in [6, 6.07) is 8.76. The molecule has 0 fully saturated rings. The lowest BCUT2D eigenvalue weighted by molar-refractivity contribution is -0.458. The lowest BCUT2D eigenvalue weighted by Gasteiger charge is -2.13. The molecule has 0 heterocycles. The maximum Gasteiger partial charge on any atom is 0.305 e. The number of sulfonamides is 1. The first-order valence-electron chi connectivity index (χ1n) is 7.16. The average molecular weight is 463 g/mol. The second-order valence-corrected chi connectivity index (χ2v) is 10.1. The Morgan fingerprint density at radius 3 is 2.15 bits per heavy atom. The van der Waals surface area contributed by atoms with Crippen LogP contribution in [0.4, 0.5) is 5.69 Å². The molecule has 0 aromatic heterocycles. The van der Waals surface area contributed by atoms with Gasteiger partial charge < -0.3 is 0 Å². The van der Waals surface area contributed by atoms with Crippen molar-refractivity contribution in [3.05, 3.63) is 62.1 Å². The number of sulfone groups is 1. The molecule has 26 heavy (non-hydrogen) atoms. The van der Waals surface area contributed by atoms with E-state index in [9.17, 15) is 26.9 Å². The van der Waals surface area contributed by atoms with Crippen molar-refractivity contribution in [3.63, 3.8) is 0 Å². The van der Waals surface area contributed by atoms with Gasteiger partial charge in [0.05, 0.1) is 9.79 Å². The summed E-state index contributed by atoms with van der Waals surface area (Å²) >= 11 is 3.20. The number of nitro groups is 1. The Labute approximate surface area is 159 Å². The lowest BCUT2D eigenvalue weighted by atomic mass is 10.1. The van der Waals surface area contributed by atoms with Crippen molar-refractivity contribution in [2.24, 2.45) is 0 Å². The summed E-state index contributed by atoms with van der Waals surface area (Å²) in [5.74, 6) is -1.22. The van der Waals surface area contributed by atoms with Crippen LogP contribution in [0, 0.1) is 24.0 Å². The van der Waals surface area contributed by atoms with Crippen LogP contribution in [0.1, 0.15) is 11.1 Å². The topological polar surface area (TPSA) is 123 Å². The van der Waals surface area contributed by atoms with Crippen molar-refractivity contribution in [3.8, 4) is 0 Å². The minimum Gasteiger partial charge on any atom is -0.280 e. The van der Waals surface area contributed by atoms with E-state index in [1.54, 1.807) is 12.1 Å². The molecule has 0 atom stereocenters. The molecule has 2 aromatic carbocycles. The Balaban J connectivity index is 2.44. The molecule has 0 aliphatic heterocycles. The highest BCUT2D eigenvalue weighted by molar-refractivity contribution is 9.10. The molecular weight excluding hydrogens is 448 g/mol. The van der Waals surface area contributed by atoms with E-state index in [0.29, 0.717) is 4.47 Å². The third-order valence-corrected chi connectivity index (χ3v) is 7.09. The van der Waals surface area contributed by atoms with Gasteiger partial charge in [-0.2, -0.15) is 0 Å². The van der Waals surface area contributed by atoms with E-state index in [1.807, 2.05) is 0 Å². The fourth-order valence-corrected chi connectivity index (χ4v) is 5.69. The molecule has 0 radical (unpaired) electrons. The molecule has 0 unspecified atom stereocenters. The number of hydrogen-bond acceptors (Lipinski definition) is 6. The first-order valence-corrected chi connectivity index (χ1v) is 11.1. The summed E-state index contributed by atoms with van der Waals surface area (Å²) in [6.45, 7) is 2.91. The van der Waals surface area contributed by atoms with E-state index in [0.717, 1.165) is 0 Å². The van der Waals surface area contributed by atoms with Gasteiger partial charge in [-0.25, -0.2) is 16.8 Å². The number of aryl methyl sites for hydroxylation is 2. The van der Waals surface area contributed by atoms with Gasteiger partial charge in [0.1, 0.15) is 0 Å². The molecular formula is C15H15BrN2O6S2. The Hall–Kier alpha value is -1.98. The van der Waals surface area contributed by atoms with Crippen LogP contribution in [0.25, 0.3) is 0 Å². The Bertz CT molecular complexity index is 1060. The number of halogens is 1. The summed E-state index contributed by atoms with van der Waals surface area (Å²) < 4.78 is 52.2. The Morgan fingerprint density at radius 2 is 1.65 bits per heavy atom. The van der Waals surface area contributed by atoms with Crippen LogP contribution in [-0.2, 0) is 19.9 Å². The van der Waals surface area contributed by atoms with Gasteiger partial charge in [0, 0.05) is 15.1 Å². The van der Waals surface area contributed by atoms with Gasteiger partial charge in [0.15, 0.2) is 0 Å². The Morgan fingerprint density at radius 1 is 1.08 bits per heavy atom. The smallest absolute Gasteiger partial charge is 0.280 e. The van der Waals surface area contributed by atoms with Crippen molar-refractivity contribution in [1.82, 2.24) is 0 Å². The molecule has 2 aromatic rings. The minimum atomic E-state index is -4.12. The summed E-state index contributed by atoms with van der Waals surface area (Å²) in [5.41, 5.74) is 0.609. The summed E-state index contributed by atoms with van der Waals surface area (Å²) in [6.07, 6.45) is 0. The fraction of sp³-hybridized carbons (Fsp3) is 0.200. The standard InChI is InChI=1S/C15H15BrN2O6S2/c1-10-6-13(7-11(2)15(10)25(21,22)9-18(19)20)17-26(23,24)14-5-3-4-12(16)8-14/h3-8,17H,9H2,1-2H3. The van der Waals surface area contributed by atoms with Crippen LogP contribution in [0.2, 0.25) is 0 Å². The third kappa shape index (κ3) is 4.59. The summed E-state index contributed by atoms with van der Waals surface area (Å²) in [5, 5.41) is 10.6. The van der Waals surface area contributed by atoms with Crippen molar-refractivity contribution in [1.29, 1.82) is 0 Å². The van der Waals surface area contributed by atoms with E-state index >= 15 is 0 Å². The largest absolute Gasteiger partial charge is 0.305 e. The summed E-state index contributed by atoms with van der Waals surface area (Å²) in [4.78, 5) is 9.53. The predicted octanol–water partition coefficient (Wildman–Crippen LogP) is 2.87. The monoisotopic (exact) mass is 462 g/mol. The Kier molecular flexibility index (Phi) is 5.73. The van der Waals surface area contributed by atoms with Crippen LogP contribution >= 0.6 is 15.9 Å². The van der Waals surface area contributed by atoms with Gasteiger partial charge in [-0.15, -0.1) is 0 Å². The molecule has 0 spiro atoms. The van der Waals surface area contributed by atoms with Crippen LogP contribution < -0.4 is 4.72 Å². The molecule has 8 nitrogen and oxygen atoms in total. The number of hydrogen-bond donors (Lipinski definition) is 1. The first-order chi connectivity index (χ1) is 11.9. The van der Waals surface area contributed by atoms with Crippen molar-refractivity contribution in [2.75, 3.05) is 10.6 Å². The van der Waals surface area contributed by atoms with Gasteiger partial charge in [-0.3, -0.25) is 14.8 Å². The van der Waals surface area contributed by atoms with Gasteiger partial charge >= 0.3 is 5.88 Å². The van der Waals surface area contributed by atoms with Crippen LogP contribution in [-0.4, -0.2) is 27.6 Å². The first kappa shape index (κ1) is 20.3. The highest BCUT2D eigenvalue weighted by Gasteiger charge is 2.26. The quantitative estimate of drug-likeness (QED) is 0.519. The lowest BCUT2D eigenvalue weighted by Crippen LogP contribution is -2.18. The molecule has 0 amide bonds. The fourth-order valence-electron chi connectivity index (χ4n) is 2.55. The van der Waals surface area contributed by atoms with E-state index in [-0.39, 0.29) is 26.6 Å². The molecule has 140 valence electrons. The maximum atomic E-state index is 12.5. The van der Waals surface area contributed by atoms with Crippen LogP contribution in [0.3, 0.4) is 0 Å². The normalized spacial score (nSPS) is 12.0. The zero-order chi connectivity index (χ0) is 19.7. The number of benzene rings is 2. The van der Waals surface area contributed by atoms with Gasteiger partial charge in [-0.1, -0.05) is 22.0 Å². The SMILES string of the molecule is Cc1cc(NS(=O)(=O)c2cccc(Br)c2)cc(C)c1S(=O)(=O)C[N+](=O)[O-]. The van der Waals surface area contributed by atoms with E-state index in [4.69, 9.17) is 0 Å². The van der Waals surface area contributed by atoms with Crippen molar-refractivity contribution < 1.29 is 21.8 Å². The van der Waals surface area contributed by atoms with Gasteiger partial charge in [-0.05, 0) is 55.3 Å². The number of anilines is 1. The van der Waals surface area contributed by atoms with E-state index in [1.165, 1.54) is 38.1 Å². The highest BCUT2D eigenvalue weighted by Crippen LogP contribution is 2.27. The molecule has 0 aliphatic rings. The zero-order valence-corrected chi connectivity index (χ0v) is 17.0. The predicted molar refractivity (Wildman–Crippen MR) is 99.9 cm³/mol. The number of rotatable bonds is 6. The molecule has 1 N–H and O–H groups in total. The van der Waals surface area contributed by atoms with E-state index < -0.39 is 30.7 Å². The third-order valence-electron chi connectivity index (χ3n) is 3.41. The second kappa shape index (κ2) is 7.33. The summed E-state index contributed by atoms with van der Waals surface area (Å²) in [7, 11) is -8.00.